The minimum absolute atomic E-state index is 0.00637. The number of allylic oxidation sites excluding steroid dienone is 1. The molecule has 2 aliphatic rings. The number of benzene rings is 2. The van der Waals surface area contributed by atoms with E-state index in [9.17, 15) is 14.7 Å². The van der Waals surface area contributed by atoms with Crippen molar-refractivity contribution in [1.29, 1.82) is 0 Å². The van der Waals surface area contributed by atoms with Crippen molar-refractivity contribution < 1.29 is 28.9 Å². The van der Waals surface area contributed by atoms with Gasteiger partial charge in [-0.1, -0.05) is 36.4 Å². The van der Waals surface area contributed by atoms with Gasteiger partial charge in [0.25, 0.3) is 5.91 Å². The van der Waals surface area contributed by atoms with E-state index < -0.39 is 12.3 Å². The van der Waals surface area contributed by atoms with Gasteiger partial charge in [-0.15, -0.1) is 0 Å². The molecule has 1 fully saturated rings. The molecule has 0 unspecified atom stereocenters. The van der Waals surface area contributed by atoms with Crippen LogP contribution in [0, 0.1) is 0 Å². The highest BCUT2D eigenvalue weighted by atomic mass is 16.7. The summed E-state index contributed by atoms with van der Waals surface area (Å²) in [6, 6.07) is 14.9. The minimum Gasteiger partial charge on any atom is -0.465 e. The number of carbonyl (C=O) groups excluding carboxylic acids is 2. The summed E-state index contributed by atoms with van der Waals surface area (Å²) in [7, 11) is 1.35. The fourth-order valence-corrected chi connectivity index (χ4v) is 3.55. The number of carbonyl (C=O) groups is 2. The molecule has 1 aliphatic heterocycles. The zero-order valence-corrected chi connectivity index (χ0v) is 18.0. The van der Waals surface area contributed by atoms with Crippen LogP contribution in [0.25, 0.3) is 0 Å². The smallest absolute Gasteiger partial charge is 0.337 e. The molecule has 2 aromatic carbocycles. The van der Waals surface area contributed by atoms with Crippen LogP contribution in [0.1, 0.15) is 52.2 Å². The van der Waals surface area contributed by atoms with E-state index in [1.165, 1.54) is 7.11 Å². The Morgan fingerprint density at radius 2 is 1.75 bits per heavy atom. The molecule has 4 rings (SSSR count). The van der Waals surface area contributed by atoms with Crippen molar-refractivity contribution in [1.82, 2.24) is 5.32 Å². The number of methoxy groups -OCH3 is 1. The molecule has 1 aliphatic carbocycles. The topological polar surface area (TPSA) is 94.1 Å². The van der Waals surface area contributed by atoms with E-state index in [2.05, 4.69) is 5.32 Å². The molecule has 0 radical (unpaired) electrons. The molecule has 32 heavy (non-hydrogen) atoms. The van der Waals surface area contributed by atoms with Crippen molar-refractivity contribution in [3.05, 3.63) is 82.6 Å². The summed E-state index contributed by atoms with van der Waals surface area (Å²) in [5, 5.41) is 12.1. The Hall–Kier alpha value is -3.16. The summed E-state index contributed by atoms with van der Waals surface area (Å²) in [5.41, 5.74) is 3.21. The maximum atomic E-state index is 12.7. The van der Waals surface area contributed by atoms with Crippen molar-refractivity contribution in [2.24, 2.45) is 0 Å². The highest BCUT2D eigenvalue weighted by Gasteiger charge is 2.31. The third kappa shape index (κ3) is 5.55. The molecular formula is C25H27NO6. The quantitative estimate of drug-likeness (QED) is 0.616. The third-order valence-corrected chi connectivity index (χ3v) is 5.60. The van der Waals surface area contributed by atoms with E-state index in [4.69, 9.17) is 14.2 Å². The lowest BCUT2D eigenvalue weighted by Crippen LogP contribution is -2.33. The molecule has 1 amide bonds. The second-order valence-electron chi connectivity index (χ2n) is 8.07. The lowest BCUT2D eigenvalue weighted by molar-refractivity contribution is -0.150. The van der Waals surface area contributed by atoms with Crippen molar-refractivity contribution in [2.45, 2.75) is 50.7 Å². The molecule has 2 N–H and O–H groups in total. The van der Waals surface area contributed by atoms with E-state index in [-0.39, 0.29) is 30.2 Å². The average molecular weight is 437 g/mol. The molecule has 7 nitrogen and oxygen atoms in total. The first-order valence-corrected chi connectivity index (χ1v) is 10.7. The maximum absolute atomic E-state index is 12.7. The van der Waals surface area contributed by atoms with Crippen LogP contribution in [0.5, 0.6) is 0 Å². The number of nitrogens with one attached hydrogen (secondary N) is 1. The van der Waals surface area contributed by atoms with Crippen molar-refractivity contribution in [2.75, 3.05) is 7.11 Å². The lowest BCUT2D eigenvalue weighted by Gasteiger charge is -2.29. The van der Waals surface area contributed by atoms with E-state index in [1.54, 1.807) is 12.1 Å². The van der Waals surface area contributed by atoms with Gasteiger partial charge in [-0.25, -0.2) is 4.79 Å². The summed E-state index contributed by atoms with van der Waals surface area (Å²) in [6.07, 6.45) is 3.73. The summed E-state index contributed by atoms with van der Waals surface area (Å²) in [5.74, 6) is -0.468. The zero-order chi connectivity index (χ0) is 22.5. The monoisotopic (exact) mass is 437 g/mol. The Labute approximate surface area is 187 Å². The average Bonchev–Trinajstić information content (AvgIpc) is 3.66. The molecule has 0 bridgehead atoms. The van der Waals surface area contributed by atoms with Crippen LogP contribution in [-0.2, 0) is 32.2 Å². The SMILES string of the molecule is COC(=O)c1ccc([C@@H]2C=C(C(=O)NC3CC3)O[C@H](OCc3ccc(CO)cc3)C2)cc1. The fourth-order valence-electron chi connectivity index (χ4n) is 3.55. The summed E-state index contributed by atoms with van der Waals surface area (Å²) in [6.45, 7) is 0.315. The van der Waals surface area contributed by atoms with E-state index in [0.717, 1.165) is 29.5 Å². The van der Waals surface area contributed by atoms with E-state index >= 15 is 0 Å². The van der Waals surface area contributed by atoms with Gasteiger partial charge in [0.2, 0.25) is 6.29 Å². The van der Waals surface area contributed by atoms with Gasteiger partial charge in [-0.05, 0) is 47.7 Å². The second kappa shape index (κ2) is 9.97. The van der Waals surface area contributed by atoms with Crippen LogP contribution >= 0.6 is 0 Å². The number of aliphatic hydroxyl groups excluding tert-OH is 1. The molecule has 0 spiro atoms. The van der Waals surface area contributed by atoms with Gasteiger partial charge in [0, 0.05) is 18.4 Å². The molecule has 2 aromatic rings. The van der Waals surface area contributed by atoms with Gasteiger partial charge in [0.15, 0.2) is 5.76 Å². The summed E-state index contributed by atoms with van der Waals surface area (Å²) < 4.78 is 16.6. The number of amides is 1. The highest BCUT2D eigenvalue weighted by Crippen LogP contribution is 2.32. The standard InChI is InChI=1S/C25H27NO6/c1-30-25(29)19-8-6-18(7-9-19)20-12-22(24(28)26-21-10-11-21)32-23(13-20)31-15-17-4-2-16(14-27)3-5-17/h2-9,12,20-21,23,27H,10-11,13-15H2,1H3,(H,26,28)/t20-,23+/m1/s1. The van der Waals surface area contributed by atoms with Gasteiger partial charge in [0.05, 0.1) is 25.9 Å². The minimum atomic E-state index is -0.595. The van der Waals surface area contributed by atoms with Crippen molar-refractivity contribution >= 4 is 11.9 Å². The Bertz CT molecular complexity index is 978. The molecule has 0 aromatic heterocycles. The Balaban J connectivity index is 1.48. The largest absolute Gasteiger partial charge is 0.465 e. The van der Waals surface area contributed by atoms with Crippen LogP contribution in [0.3, 0.4) is 0 Å². The van der Waals surface area contributed by atoms with Gasteiger partial charge < -0.3 is 24.6 Å². The normalized spacial score (nSPS) is 20.1. The van der Waals surface area contributed by atoms with Crippen LogP contribution in [-0.4, -0.2) is 36.4 Å². The number of rotatable bonds is 8. The summed E-state index contributed by atoms with van der Waals surface area (Å²) in [4.78, 5) is 24.4. The number of aliphatic hydroxyl groups is 1. The molecule has 2 atom stereocenters. The zero-order valence-electron chi connectivity index (χ0n) is 18.0. The van der Waals surface area contributed by atoms with Gasteiger partial charge in [-0.2, -0.15) is 0 Å². The van der Waals surface area contributed by atoms with Crippen LogP contribution in [0.2, 0.25) is 0 Å². The van der Waals surface area contributed by atoms with Crippen LogP contribution in [0.4, 0.5) is 0 Å². The third-order valence-electron chi connectivity index (χ3n) is 5.60. The molecule has 1 heterocycles. The van der Waals surface area contributed by atoms with Gasteiger partial charge in [0.1, 0.15) is 0 Å². The number of hydrogen-bond acceptors (Lipinski definition) is 6. The molecule has 0 saturated heterocycles. The van der Waals surface area contributed by atoms with Crippen molar-refractivity contribution in [3.63, 3.8) is 0 Å². The molecular weight excluding hydrogens is 410 g/mol. The van der Waals surface area contributed by atoms with E-state index in [0.29, 0.717) is 18.6 Å². The van der Waals surface area contributed by atoms with Crippen LogP contribution < -0.4 is 5.32 Å². The Morgan fingerprint density at radius 3 is 2.38 bits per heavy atom. The Kier molecular flexibility index (Phi) is 6.87. The van der Waals surface area contributed by atoms with Gasteiger partial charge in [-0.3, -0.25) is 4.79 Å². The number of ether oxygens (including phenoxy) is 3. The molecule has 7 heteroatoms. The van der Waals surface area contributed by atoms with Crippen molar-refractivity contribution in [3.8, 4) is 0 Å². The molecule has 168 valence electrons. The summed E-state index contributed by atoms with van der Waals surface area (Å²) >= 11 is 0. The number of esters is 1. The fraction of sp³-hybridized carbons (Fsp3) is 0.360. The van der Waals surface area contributed by atoms with Crippen LogP contribution in [0.15, 0.2) is 60.4 Å². The Morgan fingerprint density at radius 1 is 1.06 bits per heavy atom. The lowest BCUT2D eigenvalue weighted by atomic mass is 9.92. The number of hydrogen-bond donors (Lipinski definition) is 2. The second-order valence-corrected chi connectivity index (χ2v) is 8.07. The highest BCUT2D eigenvalue weighted by molar-refractivity contribution is 5.92. The predicted octanol–water partition coefficient (Wildman–Crippen LogP) is 3.17. The maximum Gasteiger partial charge on any atom is 0.337 e. The molecule has 1 saturated carbocycles. The van der Waals surface area contributed by atoms with E-state index in [1.807, 2.05) is 42.5 Å². The predicted molar refractivity (Wildman–Crippen MR) is 116 cm³/mol. The van der Waals surface area contributed by atoms with Gasteiger partial charge >= 0.3 is 5.97 Å². The first-order chi connectivity index (χ1) is 15.6. The first kappa shape index (κ1) is 22.0. The first-order valence-electron chi connectivity index (χ1n) is 10.7.